The van der Waals surface area contributed by atoms with Gasteiger partial charge in [-0.2, -0.15) is 15.8 Å². The second kappa shape index (κ2) is 4.70. The van der Waals surface area contributed by atoms with Gasteiger partial charge in [0.15, 0.2) is 10.8 Å². The fourth-order valence-electron chi connectivity index (χ4n) is 4.50. The van der Waals surface area contributed by atoms with Gasteiger partial charge in [-0.1, -0.05) is 19.8 Å². The number of nitriles is 3. The monoisotopic (exact) mass is 298 g/mol. The quantitative estimate of drug-likeness (QED) is 0.841. The van der Waals surface area contributed by atoms with Crippen molar-refractivity contribution >= 4 is 5.90 Å². The zero-order valence-corrected chi connectivity index (χ0v) is 12.6. The zero-order chi connectivity index (χ0) is 16.0. The highest BCUT2D eigenvalue weighted by atomic mass is 16.7. The Morgan fingerprint density at radius 3 is 2.55 bits per heavy atom. The molecule has 0 aromatic carbocycles. The molecule has 4 atom stereocenters. The molecule has 0 aromatic rings. The molecule has 22 heavy (non-hydrogen) atoms. The second-order valence-electron chi connectivity index (χ2n) is 6.39. The van der Waals surface area contributed by atoms with Crippen molar-refractivity contribution in [2.24, 2.45) is 16.7 Å². The van der Waals surface area contributed by atoms with E-state index < -0.39 is 28.6 Å². The van der Waals surface area contributed by atoms with Crippen LogP contribution >= 0.6 is 0 Å². The lowest BCUT2D eigenvalue weighted by molar-refractivity contribution is -0.292. The van der Waals surface area contributed by atoms with Gasteiger partial charge in [0, 0.05) is 6.42 Å². The first-order chi connectivity index (χ1) is 10.6. The van der Waals surface area contributed by atoms with Gasteiger partial charge in [-0.05, 0) is 19.3 Å². The lowest BCUT2D eigenvalue weighted by Crippen LogP contribution is -2.63. The molecule has 3 fully saturated rings. The molecular formula is C16H18N4O2. The average Bonchev–Trinajstić information content (AvgIpc) is 2.74. The van der Waals surface area contributed by atoms with E-state index in [0.29, 0.717) is 19.3 Å². The molecule has 0 amide bonds. The highest BCUT2D eigenvalue weighted by Gasteiger charge is 2.79. The Balaban J connectivity index is 2.26. The van der Waals surface area contributed by atoms with Crippen molar-refractivity contribution in [3.05, 3.63) is 0 Å². The molecule has 6 nitrogen and oxygen atoms in total. The van der Waals surface area contributed by atoms with E-state index in [0.717, 1.165) is 19.3 Å². The van der Waals surface area contributed by atoms with Gasteiger partial charge in [0.1, 0.15) is 0 Å². The maximum absolute atomic E-state index is 9.93. The molecule has 0 radical (unpaired) electrons. The Hall–Kier alpha value is -2.10. The van der Waals surface area contributed by atoms with Crippen LogP contribution in [0, 0.1) is 56.2 Å². The maximum atomic E-state index is 9.93. The summed E-state index contributed by atoms with van der Waals surface area (Å²) in [4.78, 5) is 0. The standard InChI is InChI=1S/C16H18N4O2/c1-2-5-12-14(8-17,9-18)15(10-19)11-6-3-4-7-16(11,21-12)22-13(15)20/h11-12,20H,2-7H2,1H3/t11-,12+,15-,16+/m0/s1. The van der Waals surface area contributed by atoms with E-state index >= 15 is 0 Å². The van der Waals surface area contributed by atoms with Crippen molar-refractivity contribution < 1.29 is 9.47 Å². The fraction of sp³-hybridized carbons (Fsp3) is 0.750. The average molecular weight is 298 g/mol. The Morgan fingerprint density at radius 1 is 1.23 bits per heavy atom. The van der Waals surface area contributed by atoms with Crippen LogP contribution in [-0.4, -0.2) is 17.8 Å². The number of nitrogens with zero attached hydrogens (tertiary/aromatic N) is 3. The molecule has 2 saturated heterocycles. The molecule has 1 aliphatic carbocycles. The molecule has 1 saturated carbocycles. The number of hydrogen-bond donors (Lipinski definition) is 1. The number of hydrogen-bond acceptors (Lipinski definition) is 6. The molecule has 114 valence electrons. The highest BCUT2D eigenvalue weighted by molar-refractivity contribution is 5.89. The van der Waals surface area contributed by atoms with Crippen molar-refractivity contribution in [2.45, 2.75) is 57.3 Å². The first-order valence-corrected chi connectivity index (χ1v) is 7.76. The minimum absolute atomic E-state index is 0.261. The van der Waals surface area contributed by atoms with Gasteiger partial charge in [-0.3, -0.25) is 5.41 Å². The van der Waals surface area contributed by atoms with Crippen LogP contribution in [0.4, 0.5) is 0 Å². The summed E-state index contributed by atoms with van der Waals surface area (Å²) in [6.45, 7) is 1.95. The summed E-state index contributed by atoms with van der Waals surface area (Å²) >= 11 is 0. The van der Waals surface area contributed by atoms with E-state index in [1.165, 1.54) is 0 Å². The number of ether oxygens (including phenoxy) is 2. The highest BCUT2D eigenvalue weighted by Crippen LogP contribution is 2.66. The third kappa shape index (κ3) is 1.38. The van der Waals surface area contributed by atoms with E-state index in [1.54, 1.807) is 0 Å². The van der Waals surface area contributed by atoms with E-state index in [2.05, 4.69) is 18.2 Å². The minimum atomic E-state index is -1.68. The second-order valence-corrected chi connectivity index (χ2v) is 6.39. The molecule has 3 aliphatic rings. The molecule has 0 aromatic heterocycles. The Kier molecular flexibility index (Phi) is 3.17. The predicted molar refractivity (Wildman–Crippen MR) is 75.0 cm³/mol. The molecular weight excluding hydrogens is 280 g/mol. The molecule has 1 N–H and O–H groups in total. The SMILES string of the molecule is CCC[C@H]1O[C@@]23CCCC[C@H]2[C@@](C#N)(C(=N)O3)C1(C#N)C#N. The van der Waals surface area contributed by atoms with Crippen LogP contribution in [-0.2, 0) is 9.47 Å². The van der Waals surface area contributed by atoms with E-state index in [-0.39, 0.29) is 5.90 Å². The van der Waals surface area contributed by atoms with Gasteiger partial charge < -0.3 is 9.47 Å². The van der Waals surface area contributed by atoms with Gasteiger partial charge in [0.05, 0.1) is 30.2 Å². The van der Waals surface area contributed by atoms with Gasteiger partial charge in [-0.15, -0.1) is 0 Å². The lowest BCUT2D eigenvalue weighted by atomic mass is 9.52. The third-order valence-corrected chi connectivity index (χ3v) is 5.48. The van der Waals surface area contributed by atoms with Gasteiger partial charge >= 0.3 is 0 Å². The van der Waals surface area contributed by atoms with Crippen LogP contribution in [0.25, 0.3) is 0 Å². The van der Waals surface area contributed by atoms with Crippen LogP contribution in [0.5, 0.6) is 0 Å². The molecule has 2 bridgehead atoms. The summed E-state index contributed by atoms with van der Waals surface area (Å²) in [7, 11) is 0. The smallest absolute Gasteiger partial charge is 0.217 e. The maximum Gasteiger partial charge on any atom is 0.217 e. The fourth-order valence-corrected chi connectivity index (χ4v) is 4.50. The minimum Gasteiger partial charge on any atom is -0.447 e. The van der Waals surface area contributed by atoms with Crippen molar-refractivity contribution in [3.63, 3.8) is 0 Å². The van der Waals surface area contributed by atoms with Gasteiger partial charge in [0.25, 0.3) is 0 Å². The largest absolute Gasteiger partial charge is 0.447 e. The summed E-state index contributed by atoms with van der Waals surface area (Å²) in [6.07, 6.45) is 3.55. The third-order valence-electron chi connectivity index (χ3n) is 5.48. The van der Waals surface area contributed by atoms with Crippen LogP contribution in [0.1, 0.15) is 45.4 Å². The summed E-state index contributed by atoms with van der Waals surface area (Å²) in [5.41, 5.74) is -3.20. The van der Waals surface area contributed by atoms with Crippen LogP contribution in [0.2, 0.25) is 0 Å². The Morgan fingerprint density at radius 2 is 1.95 bits per heavy atom. The van der Waals surface area contributed by atoms with Crippen molar-refractivity contribution in [3.8, 4) is 18.2 Å². The molecule has 0 unspecified atom stereocenters. The van der Waals surface area contributed by atoms with Crippen LogP contribution < -0.4 is 0 Å². The zero-order valence-electron chi connectivity index (χ0n) is 12.6. The summed E-state index contributed by atoms with van der Waals surface area (Å²) in [6, 6.07) is 6.26. The summed E-state index contributed by atoms with van der Waals surface area (Å²) < 4.78 is 11.9. The molecule has 2 heterocycles. The van der Waals surface area contributed by atoms with Crippen molar-refractivity contribution in [1.29, 1.82) is 21.2 Å². The van der Waals surface area contributed by atoms with E-state index in [4.69, 9.17) is 14.9 Å². The van der Waals surface area contributed by atoms with Crippen molar-refractivity contribution in [2.75, 3.05) is 0 Å². The van der Waals surface area contributed by atoms with Crippen LogP contribution in [0.3, 0.4) is 0 Å². The van der Waals surface area contributed by atoms with Crippen LogP contribution in [0.15, 0.2) is 0 Å². The molecule has 0 spiro atoms. The molecule has 3 rings (SSSR count). The Labute approximate surface area is 129 Å². The van der Waals surface area contributed by atoms with E-state index in [9.17, 15) is 15.8 Å². The Bertz CT molecular complexity index is 626. The molecule has 2 aliphatic heterocycles. The number of nitrogens with one attached hydrogen (secondary N) is 1. The predicted octanol–water partition coefficient (Wildman–Crippen LogP) is 2.62. The lowest BCUT2D eigenvalue weighted by Gasteiger charge is -2.51. The normalized spacial score (nSPS) is 41.5. The van der Waals surface area contributed by atoms with Crippen molar-refractivity contribution in [1.82, 2.24) is 0 Å². The first kappa shape index (κ1) is 14.8. The van der Waals surface area contributed by atoms with Gasteiger partial charge in [0.2, 0.25) is 11.7 Å². The first-order valence-electron chi connectivity index (χ1n) is 7.76. The van der Waals surface area contributed by atoms with E-state index in [1.807, 2.05) is 6.92 Å². The van der Waals surface area contributed by atoms with Gasteiger partial charge in [-0.25, -0.2) is 0 Å². The summed E-state index contributed by atoms with van der Waals surface area (Å²) in [5.74, 6) is -1.68. The summed E-state index contributed by atoms with van der Waals surface area (Å²) in [5, 5.41) is 37.8. The number of rotatable bonds is 2. The molecule has 6 heteroatoms. The topological polar surface area (TPSA) is 114 Å².